The van der Waals surface area contributed by atoms with Crippen LogP contribution in [0.4, 0.5) is 22.7 Å². The Balaban J connectivity index is 0.994. The van der Waals surface area contributed by atoms with E-state index in [4.69, 9.17) is 4.74 Å². The summed E-state index contributed by atoms with van der Waals surface area (Å²) in [5.41, 5.74) is 6.98. The standard InChI is InChI=1S/C32H35N5O3/c1-32(13-14-32)35-29(38)20-40-25-9-5-21(6-10-25)30-33-27-12-8-24(18-28(27)34-30)37-19-22-17-23(7-11-26(22)31(37)39)36-15-3-2-4-16-36/h5-12,17-18,30,33-34H,2-4,13-16,19-20H2,1H3,(H,35,38). The minimum atomic E-state index is -0.101. The number of piperidine rings is 1. The molecule has 4 aliphatic rings. The molecule has 40 heavy (non-hydrogen) atoms. The van der Waals surface area contributed by atoms with Gasteiger partial charge in [-0.2, -0.15) is 0 Å². The summed E-state index contributed by atoms with van der Waals surface area (Å²) in [5, 5.41) is 10.1. The molecule has 8 nitrogen and oxygen atoms in total. The van der Waals surface area contributed by atoms with Crippen LogP contribution in [0, 0.1) is 0 Å². The molecule has 1 saturated heterocycles. The number of rotatable bonds is 7. The number of fused-ring (bicyclic) bond motifs is 2. The number of anilines is 4. The fourth-order valence-electron chi connectivity index (χ4n) is 5.91. The van der Waals surface area contributed by atoms with E-state index in [1.54, 1.807) is 0 Å². The summed E-state index contributed by atoms with van der Waals surface area (Å²) in [4.78, 5) is 29.7. The maximum absolute atomic E-state index is 13.3. The van der Waals surface area contributed by atoms with E-state index in [0.29, 0.717) is 12.3 Å². The smallest absolute Gasteiger partial charge is 0.258 e. The van der Waals surface area contributed by atoms with Crippen LogP contribution < -0.4 is 30.5 Å². The van der Waals surface area contributed by atoms with Crippen LogP contribution in [-0.2, 0) is 11.3 Å². The van der Waals surface area contributed by atoms with Gasteiger partial charge in [-0.25, -0.2) is 0 Å². The molecule has 1 atom stereocenters. The lowest BCUT2D eigenvalue weighted by molar-refractivity contribution is -0.123. The highest BCUT2D eigenvalue weighted by atomic mass is 16.5. The summed E-state index contributed by atoms with van der Waals surface area (Å²) in [6, 6.07) is 20.2. The van der Waals surface area contributed by atoms with Crippen molar-refractivity contribution in [3.05, 3.63) is 77.4 Å². The van der Waals surface area contributed by atoms with Gasteiger partial charge in [0.2, 0.25) is 0 Å². The molecular formula is C32H35N5O3. The lowest BCUT2D eigenvalue weighted by atomic mass is 10.1. The maximum atomic E-state index is 13.3. The Kier molecular flexibility index (Phi) is 6.06. The fraction of sp³-hybridized carbons (Fsp3) is 0.375. The van der Waals surface area contributed by atoms with Crippen molar-refractivity contribution in [3.8, 4) is 5.75 Å². The van der Waals surface area contributed by atoms with Gasteiger partial charge in [0, 0.05) is 35.6 Å². The number of amides is 2. The predicted octanol–water partition coefficient (Wildman–Crippen LogP) is 5.42. The van der Waals surface area contributed by atoms with E-state index in [1.807, 2.05) is 53.4 Å². The van der Waals surface area contributed by atoms with Gasteiger partial charge in [-0.05, 0) is 98.7 Å². The lowest BCUT2D eigenvalue weighted by Crippen LogP contribution is -2.37. The molecule has 7 rings (SSSR count). The molecule has 0 bridgehead atoms. The molecule has 3 heterocycles. The van der Waals surface area contributed by atoms with Gasteiger partial charge in [-0.15, -0.1) is 0 Å². The molecule has 3 aromatic carbocycles. The Labute approximate surface area is 234 Å². The van der Waals surface area contributed by atoms with E-state index in [2.05, 4.69) is 39.9 Å². The predicted molar refractivity (Wildman–Crippen MR) is 157 cm³/mol. The van der Waals surface area contributed by atoms with E-state index in [9.17, 15) is 9.59 Å². The normalized spacial score (nSPS) is 20.3. The summed E-state index contributed by atoms with van der Waals surface area (Å²) >= 11 is 0. The molecule has 0 radical (unpaired) electrons. The lowest BCUT2D eigenvalue weighted by Gasteiger charge is -2.29. The average molecular weight is 538 g/mol. The van der Waals surface area contributed by atoms with Gasteiger partial charge in [0.1, 0.15) is 11.9 Å². The maximum Gasteiger partial charge on any atom is 0.258 e. The first-order valence-corrected chi connectivity index (χ1v) is 14.3. The second-order valence-corrected chi connectivity index (χ2v) is 11.7. The second-order valence-electron chi connectivity index (χ2n) is 11.7. The average Bonchev–Trinajstić information content (AvgIpc) is 3.40. The molecule has 8 heteroatoms. The quantitative estimate of drug-likeness (QED) is 0.373. The van der Waals surface area contributed by atoms with Crippen molar-refractivity contribution in [2.45, 2.75) is 57.3 Å². The first-order chi connectivity index (χ1) is 19.4. The van der Waals surface area contributed by atoms with Crippen LogP contribution in [-0.4, -0.2) is 37.0 Å². The van der Waals surface area contributed by atoms with Crippen molar-refractivity contribution in [2.75, 3.05) is 40.1 Å². The van der Waals surface area contributed by atoms with Crippen molar-refractivity contribution in [3.63, 3.8) is 0 Å². The zero-order chi connectivity index (χ0) is 27.3. The first kappa shape index (κ1) is 24.8. The van der Waals surface area contributed by atoms with Crippen molar-refractivity contribution in [2.24, 2.45) is 0 Å². The van der Waals surface area contributed by atoms with Crippen molar-refractivity contribution in [1.82, 2.24) is 5.32 Å². The Morgan fingerprint density at radius 3 is 2.48 bits per heavy atom. The monoisotopic (exact) mass is 537 g/mol. The van der Waals surface area contributed by atoms with E-state index in [0.717, 1.165) is 59.7 Å². The Morgan fingerprint density at radius 2 is 1.70 bits per heavy atom. The summed E-state index contributed by atoms with van der Waals surface area (Å²) in [5.74, 6) is 0.628. The van der Waals surface area contributed by atoms with Crippen LogP contribution in [0.1, 0.15) is 66.7 Å². The summed E-state index contributed by atoms with van der Waals surface area (Å²) in [7, 11) is 0. The minimum Gasteiger partial charge on any atom is -0.484 e. The molecule has 3 aromatic rings. The van der Waals surface area contributed by atoms with Gasteiger partial charge < -0.3 is 30.5 Å². The van der Waals surface area contributed by atoms with Crippen LogP contribution in [0.5, 0.6) is 5.75 Å². The molecule has 3 aliphatic heterocycles. The van der Waals surface area contributed by atoms with E-state index in [1.165, 1.54) is 24.9 Å². The minimum absolute atomic E-state index is 0.0156. The van der Waals surface area contributed by atoms with Crippen LogP contribution >= 0.6 is 0 Å². The highest BCUT2D eigenvalue weighted by molar-refractivity contribution is 6.10. The summed E-state index contributed by atoms with van der Waals surface area (Å²) < 4.78 is 5.68. The van der Waals surface area contributed by atoms with E-state index < -0.39 is 0 Å². The molecule has 206 valence electrons. The van der Waals surface area contributed by atoms with Crippen LogP contribution in [0.15, 0.2) is 60.7 Å². The molecule has 0 spiro atoms. The van der Waals surface area contributed by atoms with Crippen molar-refractivity contribution < 1.29 is 14.3 Å². The Hall–Kier alpha value is -4.20. The zero-order valence-corrected chi connectivity index (χ0v) is 22.8. The van der Waals surface area contributed by atoms with Crippen LogP contribution in [0.2, 0.25) is 0 Å². The van der Waals surface area contributed by atoms with Gasteiger partial charge in [0.15, 0.2) is 6.61 Å². The fourth-order valence-corrected chi connectivity index (χ4v) is 5.91. The number of ether oxygens (including phenoxy) is 1. The highest BCUT2D eigenvalue weighted by Gasteiger charge is 2.38. The number of nitrogens with one attached hydrogen (secondary N) is 3. The molecule has 3 N–H and O–H groups in total. The van der Waals surface area contributed by atoms with Crippen LogP contribution in [0.25, 0.3) is 0 Å². The molecule has 2 amide bonds. The third kappa shape index (κ3) is 4.83. The molecule has 0 aromatic heterocycles. The van der Waals surface area contributed by atoms with Gasteiger partial charge >= 0.3 is 0 Å². The number of carbonyl (C=O) groups is 2. The SMILES string of the molecule is CC1(NC(=O)COc2ccc(C3Nc4ccc(N5Cc6cc(N7CCCCC7)ccc6C5=O)cc4N3)cc2)CC1. The number of carbonyl (C=O) groups excluding carboxylic acids is 2. The zero-order valence-electron chi connectivity index (χ0n) is 22.8. The van der Waals surface area contributed by atoms with Gasteiger partial charge in [-0.3, -0.25) is 9.59 Å². The molecule has 1 aliphatic carbocycles. The van der Waals surface area contributed by atoms with Crippen molar-refractivity contribution in [1.29, 1.82) is 0 Å². The van der Waals surface area contributed by atoms with E-state index >= 15 is 0 Å². The Bertz CT molecular complexity index is 1460. The molecule has 1 unspecified atom stereocenters. The summed E-state index contributed by atoms with van der Waals surface area (Å²) in [6.45, 7) is 4.84. The third-order valence-electron chi connectivity index (χ3n) is 8.55. The number of nitrogens with zero attached hydrogens (tertiary/aromatic N) is 2. The largest absolute Gasteiger partial charge is 0.484 e. The van der Waals surface area contributed by atoms with Gasteiger partial charge in [0.25, 0.3) is 11.8 Å². The molecular weight excluding hydrogens is 502 g/mol. The van der Waals surface area contributed by atoms with Crippen LogP contribution in [0.3, 0.4) is 0 Å². The second kappa shape index (κ2) is 9.77. The third-order valence-corrected chi connectivity index (χ3v) is 8.55. The van der Waals surface area contributed by atoms with Gasteiger partial charge in [-0.1, -0.05) is 12.1 Å². The number of hydrogen-bond acceptors (Lipinski definition) is 6. The topological polar surface area (TPSA) is 85.9 Å². The highest BCUT2D eigenvalue weighted by Crippen LogP contribution is 2.40. The molecule has 1 saturated carbocycles. The number of hydrogen-bond donors (Lipinski definition) is 3. The van der Waals surface area contributed by atoms with Crippen molar-refractivity contribution >= 4 is 34.6 Å². The van der Waals surface area contributed by atoms with Gasteiger partial charge in [0.05, 0.1) is 17.9 Å². The Morgan fingerprint density at radius 1 is 0.950 bits per heavy atom. The number of benzene rings is 3. The molecule has 2 fully saturated rings. The first-order valence-electron chi connectivity index (χ1n) is 14.3. The summed E-state index contributed by atoms with van der Waals surface area (Å²) in [6.07, 6.45) is 5.72. The van der Waals surface area contributed by atoms with E-state index in [-0.39, 0.29) is 30.1 Å².